The van der Waals surface area contributed by atoms with Gasteiger partial charge >= 0.3 is 6.09 Å². The molecule has 2 aromatic rings. The first kappa shape index (κ1) is 16.2. The van der Waals surface area contributed by atoms with Crippen molar-refractivity contribution in [2.24, 2.45) is 5.92 Å². The number of fused-ring (bicyclic) bond motifs is 3. The van der Waals surface area contributed by atoms with Crippen molar-refractivity contribution >= 4 is 6.09 Å². The molecule has 0 spiro atoms. The number of carbonyl (C=O) groups excluding carboxylic acids is 1. The highest BCUT2D eigenvalue weighted by Crippen LogP contribution is 2.44. The van der Waals surface area contributed by atoms with Crippen molar-refractivity contribution in [3.63, 3.8) is 0 Å². The maximum Gasteiger partial charge on any atom is 0.409 e. The van der Waals surface area contributed by atoms with Crippen LogP contribution in [0, 0.1) is 5.92 Å². The van der Waals surface area contributed by atoms with Crippen LogP contribution in [0.5, 0.6) is 0 Å². The fourth-order valence-corrected chi connectivity index (χ4v) is 3.68. The SMILES string of the molecule is O=C(OCC1c2ccccc2-c2ccccc21)N(CCO)CC1CC1. The number of amides is 1. The number of benzene rings is 2. The summed E-state index contributed by atoms with van der Waals surface area (Å²) in [6, 6.07) is 16.6. The van der Waals surface area contributed by atoms with Crippen molar-refractivity contribution in [2.75, 3.05) is 26.3 Å². The van der Waals surface area contributed by atoms with Gasteiger partial charge in [0.25, 0.3) is 0 Å². The lowest BCUT2D eigenvalue weighted by atomic mass is 9.98. The van der Waals surface area contributed by atoms with Crippen LogP contribution in [0.15, 0.2) is 48.5 Å². The van der Waals surface area contributed by atoms with Gasteiger partial charge in [-0.3, -0.25) is 0 Å². The maximum atomic E-state index is 12.5. The molecule has 0 atom stereocenters. The Balaban J connectivity index is 1.49. The number of hydrogen-bond donors (Lipinski definition) is 1. The van der Waals surface area contributed by atoms with E-state index >= 15 is 0 Å². The first-order chi connectivity index (χ1) is 12.3. The molecule has 4 nitrogen and oxygen atoms in total. The van der Waals surface area contributed by atoms with Crippen molar-refractivity contribution in [1.82, 2.24) is 4.90 Å². The van der Waals surface area contributed by atoms with E-state index < -0.39 is 0 Å². The minimum Gasteiger partial charge on any atom is -0.448 e. The van der Waals surface area contributed by atoms with Crippen molar-refractivity contribution in [3.05, 3.63) is 59.7 Å². The molecule has 4 heteroatoms. The molecular formula is C21H23NO3. The van der Waals surface area contributed by atoms with Crippen LogP contribution < -0.4 is 0 Å². The third kappa shape index (κ3) is 3.27. The van der Waals surface area contributed by atoms with Gasteiger partial charge in [0.2, 0.25) is 0 Å². The molecule has 1 saturated carbocycles. The fraction of sp³-hybridized carbons (Fsp3) is 0.381. The van der Waals surface area contributed by atoms with Crippen LogP contribution in [0.4, 0.5) is 4.79 Å². The summed E-state index contributed by atoms with van der Waals surface area (Å²) < 4.78 is 5.66. The zero-order valence-corrected chi connectivity index (χ0v) is 14.2. The molecule has 2 aromatic carbocycles. The van der Waals surface area contributed by atoms with Gasteiger partial charge < -0.3 is 14.7 Å². The third-order valence-corrected chi connectivity index (χ3v) is 5.14. The molecule has 1 amide bonds. The van der Waals surface area contributed by atoms with Gasteiger partial charge in [0.1, 0.15) is 6.61 Å². The van der Waals surface area contributed by atoms with Crippen LogP contribution >= 0.6 is 0 Å². The lowest BCUT2D eigenvalue weighted by molar-refractivity contribution is 0.0901. The summed E-state index contributed by atoms with van der Waals surface area (Å²) in [5.41, 5.74) is 4.88. The largest absolute Gasteiger partial charge is 0.448 e. The number of ether oxygens (including phenoxy) is 1. The van der Waals surface area contributed by atoms with Gasteiger partial charge in [-0.25, -0.2) is 4.79 Å². The molecule has 0 radical (unpaired) electrons. The van der Waals surface area contributed by atoms with Gasteiger partial charge in [-0.2, -0.15) is 0 Å². The maximum absolute atomic E-state index is 12.5. The predicted molar refractivity (Wildman–Crippen MR) is 96.5 cm³/mol. The molecule has 1 fully saturated rings. The van der Waals surface area contributed by atoms with Gasteiger partial charge in [0.05, 0.1) is 6.61 Å². The normalized spacial score (nSPS) is 15.6. The molecule has 25 heavy (non-hydrogen) atoms. The quantitative estimate of drug-likeness (QED) is 0.875. The molecule has 0 bridgehead atoms. The van der Waals surface area contributed by atoms with Crippen molar-refractivity contribution < 1.29 is 14.6 Å². The highest BCUT2D eigenvalue weighted by atomic mass is 16.6. The Labute approximate surface area is 148 Å². The van der Waals surface area contributed by atoms with E-state index in [0.717, 1.165) is 0 Å². The molecular weight excluding hydrogens is 314 g/mol. The minimum atomic E-state index is -0.317. The van der Waals surface area contributed by atoms with Crippen LogP contribution in [0.2, 0.25) is 0 Å². The molecule has 1 N–H and O–H groups in total. The monoisotopic (exact) mass is 337 g/mol. The summed E-state index contributed by atoms with van der Waals surface area (Å²) in [6.45, 7) is 1.33. The number of carbonyl (C=O) groups is 1. The summed E-state index contributed by atoms with van der Waals surface area (Å²) in [5, 5.41) is 9.21. The smallest absolute Gasteiger partial charge is 0.409 e. The van der Waals surface area contributed by atoms with Crippen molar-refractivity contribution in [1.29, 1.82) is 0 Å². The van der Waals surface area contributed by atoms with E-state index in [0.29, 0.717) is 25.6 Å². The first-order valence-corrected chi connectivity index (χ1v) is 8.98. The van der Waals surface area contributed by atoms with Crippen LogP contribution in [0.3, 0.4) is 0 Å². The lowest BCUT2D eigenvalue weighted by Crippen LogP contribution is -2.36. The third-order valence-electron chi connectivity index (χ3n) is 5.14. The second-order valence-corrected chi connectivity index (χ2v) is 6.92. The van der Waals surface area contributed by atoms with Gasteiger partial charge in [0, 0.05) is 19.0 Å². The Bertz CT molecular complexity index is 724. The van der Waals surface area contributed by atoms with Gasteiger partial charge in [-0.1, -0.05) is 48.5 Å². The molecule has 2 aliphatic carbocycles. The van der Waals surface area contributed by atoms with E-state index in [4.69, 9.17) is 4.74 Å². The molecule has 0 unspecified atom stereocenters. The highest BCUT2D eigenvalue weighted by Gasteiger charge is 2.31. The van der Waals surface area contributed by atoms with Crippen molar-refractivity contribution in [3.8, 4) is 11.1 Å². The fourth-order valence-electron chi connectivity index (χ4n) is 3.68. The average molecular weight is 337 g/mol. The molecule has 4 rings (SSSR count). The van der Waals surface area contributed by atoms with E-state index in [9.17, 15) is 9.90 Å². The molecule has 130 valence electrons. The van der Waals surface area contributed by atoms with Crippen LogP contribution in [-0.4, -0.2) is 42.4 Å². The van der Waals surface area contributed by atoms with E-state index in [-0.39, 0.29) is 18.6 Å². The zero-order chi connectivity index (χ0) is 17.2. The lowest BCUT2D eigenvalue weighted by Gasteiger charge is -2.22. The van der Waals surface area contributed by atoms with Crippen molar-refractivity contribution in [2.45, 2.75) is 18.8 Å². The Kier molecular flexibility index (Phi) is 4.45. The molecule has 0 heterocycles. The van der Waals surface area contributed by atoms with Crippen LogP contribution in [0.25, 0.3) is 11.1 Å². The molecule has 0 aromatic heterocycles. The van der Waals surface area contributed by atoms with Gasteiger partial charge in [-0.15, -0.1) is 0 Å². The van der Waals surface area contributed by atoms with Gasteiger partial charge in [-0.05, 0) is 41.0 Å². The standard InChI is InChI=1S/C21H23NO3/c23-12-11-22(13-15-9-10-15)21(24)25-14-20-18-7-3-1-5-16(18)17-6-2-4-8-19(17)20/h1-8,15,20,23H,9-14H2. The number of rotatable bonds is 6. The van der Waals surface area contributed by atoms with E-state index in [1.165, 1.54) is 35.1 Å². The Morgan fingerprint density at radius 2 is 1.64 bits per heavy atom. The minimum absolute atomic E-state index is 0.0308. The summed E-state index contributed by atoms with van der Waals surface area (Å²) in [5.74, 6) is 0.653. The first-order valence-electron chi connectivity index (χ1n) is 8.98. The number of aliphatic hydroxyl groups is 1. The number of aliphatic hydroxyl groups excluding tert-OH is 1. The Morgan fingerprint density at radius 3 is 2.20 bits per heavy atom. The second kappa shape index (κ2) is 6.89. The average Bonchev–Trinajstić information content (AvgIpc) is 3.41. The summed E-state index contributed by atoms with van der Waals surface area (Å²) in [7, 11) is 0. The zero-order valence-electron chi connectivity index (χ0n) is 14.2. The van der Waals surface area contributed by atoms with Crippen LogP contribution in [-0.2, 0) is 4.74 Å². The summed E-state index contributed by atoms with van der Waals surface area (Å²) in [4.78, 5) is 14.1. The Hall–Kier alpha value is -2.33. The summed E-state index contributed by atoms with van der Waals surface area (Å²) in [6.07, 6.45) is 2.01. The van der Waals surface area contributed by atoms with E-state index in [2.05, 4.69) is 24.3 Å². The Morgan fingerprint density at radius 1 is 1.04 bits per heavy atom. The second-order valence-electron chi connectivity index (χ2n) is 6.92. The van der Waals surface area contributed by atoms with E-state index in [1.807, 2.05) is 24.3 Å². The van der Waals surface area contributed by atoms with Gasteiger partial charge in [0.15, 0.2) is 0 Å². The predicted octanol–water partition coefficient (Wildman–Crippen LogP) is 3.64. The number of nitrogens with zero attached hydrogens (tertiary/aromatic N) is 1. The van der Waals surface area contributed by atoms with Crippen LogP contribution in [0.1, 0.15) is 29.9 Å². The molecule has 0 aliphatic heterocycles. The van der Waals surface area contributed by atoms with E-state index in [1.54, 1.807) is 4.90 Å². The summed E-state index contributed by atoms with van der Waals surface area (Å²) >= 11 is 0. The molecule has 0 saturated heterocycles. The number of hydrogen-bond acceptors (Lipinski definition) is 3. The topological polar surface area (TPSA) is 49.8 Å². The highest BCUT2D eigenvalue weighted by molar-refractivity contribution is 5.79. The molecule has 2 aliphatic rings.